The van der Waals surface area contributed by atoms with Crippen molar-refractivity contribution in [2.75, 3.05) is 54.1 Å². The summed E-state index contributed by atoms with van der Waals surface area (Å²) < 4.78 is 35.0. The maximum absolute atomic E-state index is 12.7. The summed E-state index contributed by atoms with van der Waals surface area (Å²) in [5, 5.41) is 0. The molecule has 0 aromatic heterocycles. The van der Waals surface area contributed by atoms with Crippen LogP contribution in [0.1, 0.15) is 181 Å². The predicted octanol–water partition coefficient (Wildman–Crippen LogP) is 14.8. The van der Waals surface area contributed by atoms with E-state index in [0.29, 0.717) is 24.1 Å². The van der Waals surface area contributed by atoms with Gasteiger partial charge in [-0.25, -0.2) is 4.57 Å². The topological polar surface area (TPSA) is 91.3 Å². The molecule has 0 saturated heterocycles. The van der Waals surface area contributed by atoms with Crippen molar-refractivity contribution in [3.8, 4) is 0 Å². The van der Waals surface area contributed by atoms with Crippen molar-refractivity contribution in [2.45, 2.75) is 187 Å². The largest absolute Gasteiger partial charge is 0.472 e. The molecule has 0 aromatic carbocycles. The number of quaternary nitrogens is 1. The quantitative estimate of drug-likeness (QED) is 0.0214. The first-order valence-electron chi connectivity index (χ1n) is 24.3. The molecule has 0 aliphatic rings. The average Bonchev–Trinajstić information content (AvgIpc) is 3.22. The zero-order valence-electron chi connectivity index (χ0n) is 39.9. The molecule has 0 bridgehead atoms. The van der Waals surface area contributed by atoms with E-state index in [2.05, 4.69) is 98.9 Å². The number of carbonyl (C=O) groups is 1. The normalized spacial score (nSPS) is 14.4. The van der Waals surface area contributed by atoms with Crippen LogP contribution in [0.25, 0.3) is 0 Å². The van der Waals surface area contributed by atoms with Gasteiger partial charge in [0.2, 0.25) is 0 Å². The molecular formula is C52H93NO7P+. The van der Waals surface area contributed by atoms with Crippen LogP contribution in [0.4, 0.5) is 0 Å². The van der Waals surface area contributed by atoms with Gasteiger partial charge in [0.25, 0.3) is 0 Å². The van der Waals surface area contributed by atoms with E-state index in [1.54, 1.807) is 0 Å². The number of unbranched alkanes of at least 4 members (excludes halogenated alkanes) is 16. The fourth-order valence-electron chi connectivity index (χ4n) is 6.21. The van der Waals surface area contributed by atoms with Crippen molar-refractivity contribution in [1.82, 2.24) is 0 Å². The number of rotatable bonds is 44. The Morgan fingerprint density at radius 1 is 0.525 bits per heavy atom. The number of phosphoric ester groups is 1. The van der Waals surface area contributed by atoms with Crippen molar-refractivity contribution < 1.29 is 37.3 Å². The van der Waals surface area contributed by atoms with Gasteiger partial charge in [0.05, 0.1) is 34.4 Å². The lowest BCUT2D eigenvalue weighted by atomic mass is 10.1. The van der Waals surface area contributed by atoms with Crippen LogP contribution in [0.3, 0.4) is 0 Å². The van der Waals surface area contributed by atoms with Gasteiger partial charge in [-0.2, -0.15) is 0 Å². The number of hydrogen-bond acceptors (Lipinski definition) is 6. The molecule has 2 atom stereocenters. The van der Waals surface area contributed by atoms with E-state index in [-0.39, 0.29) is 32.2 Å². The molecule has 9 heteroatoms. The van der Waals surface area contributed by atoms with Gasteiger partial charge in [-0.1, -0.05) is 176 Å². The number of nitrogens with zero attached hydrogens (tertiary/aromatic N) is 1. The van der Waals surface area contributed by atoms with Crippen LogP contribution in [0, 0.1) is 0 Å². The molecule has 8 nitrogen and oxygen atoms in total. The highest BCUT2D eigenvalue weighted by molar-refractivity contribution is 7.47. The third kappa shape index (κ3) is 48.6. The maximum atomic E-state index is 12.7. The number of phosphoric acid groups is 1. The van der Waals surface area contributed by atoms with Crippen molar-refractivity contribution in [2.24, 2.45) is 0 Å². The maximum Gasteiger partial charge on any atom is 0.472 e. The van der Waals surface area contributed by atoms with Crippen molar-refractivity contribution in [3.63, 3.8) is 0 Å². The summed E-state index contributed by atoms with van der Waals surface area (Å²) >= 11 is 0. The molecule has 0 spiro atoms. The van der Waals surface area contributed by atoms with Gasteiger partial charge in [0.1, 0.15) is 19.3 Å². The summed E-state index contributed by atoms with van der Waals surface area (Å²) in [6.07, 6.45) is 59.2. The smallest absolute Gasteiger partial charge is 0.457 e. The molecule has 352 valence electrons. The van der Waals surface area contributed by atoms with E-state index in [1.165, 1.54) is 96.3 Å². The second kappa shape index (κ2) is 44.3. The van der Waals surface area contributed by atoms with Gasteiger partial charge in [-0.3, -0.25) is 13.8 Å². The third-order valence-corrected chi connectivity index (χ3v) is 10.9. The summed E-state index contributed by atoms with van der Waals surface area (Å²) in [6, 6.07) is 0. The zero-order valence-corrected chi connectivity index (χ0v) is 40.8. The minimum Gasteiger partial charge on any atom is -0.457 e. The molecule has 0 rings (SSSR count). The Hall–Kier alpha value is -2.32. The minimum absolute atomic E-state index is 0.0731. The molecule has 0 saturated carbocycles. The van der Waals surface area contributed by atoms with Gasteiger partial charge in [-0.15, -0.1) is 0 Å². The molecule has 0 aliphatic heterocycles. The second-order valence-corrected chi connectivity index (χ2v) is 18.6. The van der Waals surface area contributed by atoms with Crippen LogP contribution in [-0.4, -0.2) is 75.6 Å². The zero-order chi connectivity index (χ0) is 44.8. The first-order valence-corrected chi connectivity index (χ1v) is 25.8. The van der Waals surface area contributed by atoms with Gasteiger partial charge in [0.15, 0.2) is 0 Å². The first kappa shape index (κ1) is 58.7. The lowest BCUT2D eigenvalue weighted by Gasteiger charge is -2.24. The molecular weight excluding hydrogens is 782 g/mol. The van der Waals surface area contributed by atoms with E-state index >= 15 is 0 Å². The van der Waals surface area contributed by atoms with Crippen molar-refractivity contribution >= 4 is 13.8 Å². The molecule has 1 N–H and O–H groups in total. The summed E-state index contributed by atoms with van der Waals surface area (Å²) in [5.74, 6) is -0.373. The summed E-state index contributed by atoms with van der Waals surface area (Å²) in [7, 11) is 1.62. The van der Waals surface area contributed by atoms with Gasteiger partial charge in [-0.05, 0) is 83.5 Å². The first-order chi connectivity index (χ1) is 29.6. The molecule has 0 fully saturated rings. The predicted molar refractivity (Wildman–Crippen MR) is 261 cm³/mol. The van der Waals surface area contributed by atoms with Crippen molar-refractivity contribution in [3.05, 3.63) is 85.1 Å². The summed E-state index contributed by atoms with van der Waals surface area (Å²) in [5.41, 5.74) is 0. The van der Waals surface area contributed by atoms with Crippen LogP contribution < -0.4 is 0 Å². The Labute approximate surface area is 375 Å². The standard InChI is InChI=1S/C52H92NO7P/c1-6-8-10-12-14-16-18-20-22-24-25-26-27-28-30-32-34-36-38-40-42-44-47-57-49-51(50-59-61(55,56)58-48-46-53(3,4)5)60-52(54)45-43-41-39-37-35-33-31-29-23-21-19-17-15-13-11-9-7-2/h9,11,15,17-18,20-21,23-25,31,33,37,39,51H,6-8,10,12-14,16,19,22,26-30,32,34-36,38,40-50H2,1-5H3/p+1/b11-9-,17-15-,20-18-,23-21-,25-24-,33-31-,39-37-. The number of hydrogen-bond donors (Lipinski definition) is 1. The van der Waals surface area contributed by atoms with E-state index < -0.39 is 13.9 Å². The molecule has 2 unspecified atom stereocenters. The molecule has 0 radical (unpaired) electrons. The van der Waals surface area contributed by atoms with E-state index in [9.17, 15) is 14.3 Å². The Balaban J connectivity index is 4.26. The molecule has 0 aromatic rings. The van der Waals surface area contributed by atoms with Crippen LogP contribution in [-0.2, 0) is 27.9 Å². The van der Waals surface area contributed by atoms with Crippen LogP contribution >= 0.6 is 7.82 Å². The average molecular weight is 875 g/mol. The van der Waals surface area contributed by atoms with Gasteiger partial charge >= 0.3 is 13.8 Å². The van der Waals surface area contributed by atoms with Crippen molar-refractivity contribution in [1.29, 1.82) is 0 Å². The molecule has 0 heterocycles. The highest BCUT2D eigenvalue weighted by Gasteiger charge is 2.26. The van der Waals surface area contributed by atoms with Crippen LogP contribution in [0.15, 0.2) is 85.1 Å². The molecule has 0 aliphatic carbocycles. The Bertz CT molecular complexity index is 1250. The van der Waals surface area contributed by atoms with Gasteiger partial charge < -0.3 is 18.9 Å². The number of esters is 1. The molecule has 0 amide bonds. The van der Waals surface area contributed by atoms with E-state index in [4.69, 9.17) is 18.5 Å². The fraction of sp³-hybridized carbons (Fsp3) is 0.712. The summed E-state index contributed by atoms with van der Waals surface area (Å²) in [4.78, 5) is 22.9. The molecule has 61 heavy (non-hydrogen) atoms. The number of carbonyl (C=O) groups excluding carboxylic acids is 1. The second-order valence-electron chi connectivity index (χ2n) is 17.1. The number of allylic oxidation sites excluding steroid dienone is 14. The number of likely N-dealkylation sites (N-methyl/N-ethyl adjacent to an activating group) is 1. The Morgan fingerprint density at radius 2 is 0.951 bits per heavy atom. The van der Waals surface area contributed by atoms with Gasteiger partial charge in [0, 0.05) is 13.0 Å². The fourth-order valence-corrected chi connectivity index (χ4v) is 6.95. The Morgan fingerprint density at radius 3 is 1.43 bits per heavy atom. The Kier molecular flexibility index (Phi) is 42.6. The lowest BCUT2D eigenvalue weighted by molar-refractivity contribution is -0.870. The number of ether oxygens (including phenoxy) is 2. The highest BCUT2D eigenvalue weighted by Crippen LogP contribution is 2.43. The van der Waals surface area contributed by atoms with E-state index in [1.807, 2.05) is 21.1 Å². The highest BCUT2D eigenvalue weighted by atomic mass is 31.2. The SMILES string of the molecule is CC/C=C\C/C=C\C/C=C\C/C=C\C/C=C\CCCC(=O)OC(COCCCCCCCCCCCC/C=C\C/C=C\CCCCCCC)COP(=O)(O)OCC[N+](C)(C)C. The monoisotopic (exact) mass is 875 g/mol. The van der Waals surface area contributed by atoms with Crippen LogP contribution in [0.2, 0.25) is 0 Å². The van der Waals surface area contributed by atoms with E-state index in [0.717, 1.165) is 57.8 Å². The van der Waals surface area contributed by atoms with Crippen LogP contribution in [0.5, 0.6) is 0 Å². The third-order valence-electron chi connectivity index (χ3n) is 9.94. The lowest BCUT2D eigenvalue weighted by Crippen LogP contribution is -2.37. The summed E-state index contributed by atoms with van der Waals surface area (Å²) in [6.45, 7) is 5.40. The minimum atomic E-state index is -4.30.